The number of nitrogens with one attached hydrogen (secondary N) is 4. The highest BCUT2D eigenvalue weighted by molar-refractivity contribution is 6.05. The number of carbonyl (C=O) groups excluding carboxylic acids is 4. The Balaban J connectivity index is 0.868. The molecule has 6 rings (SSSR count). The number of ketones is 1. The average molecular weight is 938 g/mol. The maximum Gasteiger partial charge on any atom is 0.263 e. The van der Waals surface area contributed by atoms with E-state index in [1.54, 1.807) is 47.8 Å². The van der Waals surface area contributed by atoms with Gasteiger partial charge in [-0.3, -0.25) is 38.3 Å². The lowest BCUT2D eigenvalue weighted by Crippen LogP contribution is -2.49. The Morgan fingerprint density at radius 3 is 2.34 bits per heavy atom. The molecule has 2 fully saturated rings. The number of piperazine rings is 1. The lowest BCUT2D eigenvalue weighted by Gasteiger charge is -2.35. The number of amides is 3. The van der Waals surface area contributed by atoms with Gasteiger partial charge in [-0.05, 0) is 68.7 Å². The van der Waals surface area contributed by atoms with Crippen molar-refractivity contribution in [3.8, 4) is 0 Å². The summed E-state index contributed by atoms with van der Waals surface area (Å²) in [6, 6.07) is 8.81. The summed E-state index contributed by atoms with van der Waals surface area (Å²) in [6.07, 6.45) is 10.1. The molecule has 4 heterocycles. The number of carbonyl (C=O) groups is 4. The first kappa shape index (κ1) is 50.3. The normalized spacial score (nSPS) is 14.8. The number of nitrogens with zero attached hydrogens (tertiary/aromatic N) is 7. The van der Waals surface area contributed by atoms with E-state index in [2.05, 4.69) is 36.1 Å². The van der Waals surface area contributed by atoms with E-state index in [0.29, 0.717) is 66.0 Å². The molecule has 21 heteroatoms. The van der Waals surface area contributed by atoms with Crippen LogP contribution in [0.3, 0.4) is 0 Å². The number of aromatic nitrogens is 4. The molecule has 2 aliphatic rings. The van der Waals surface area contributed by atoms with Crippen molar-refractivity contribution in [2.75, 3.05) is 107 Å². The predicted octanol–water partition coefficient (Wildman–Crippen LogP) is 2.90. The highest BCUT2D eigenvalue weighted by atomic mass is 16.5. The standard InChI is InChI=1S/C47H63N13O8/c1-30-36-28-53-47(56-44(36)60(33-8-6-7-9-33)46(65)43(30)31(2)61)57(4)40-15-11-34(27-52-40)59-20-18-58(19-21-59)29-42(63)51-17-23-68-25-24-67-22-16-41(62)54-37-26-32(50-3)10-12-35(37)45(64)55-38(48)13-14-39(49)66-5/h10-15,26-28,33,50H,6-9,16-25,29,48-49H2,1-5H3,(H,51,63)(H,54,62)(H,55,64)/b38-13+,39-14+. The Labute approximate surface area is 395 Å². The van der Waals surface area contributed by atoms with Gasteiger partial charge in [0, 0.05) is 76.2 Å². The molecule has 0 atom stereocenters. The summed E-state index contributed by atoms with van der Waals surface area (Å²) >= 11 is 0. The fourth-order valence-electron chi connectivity index (χ4n) is 8.13. The Morgan fingerprint density at radius 1 is 0.926 bits per heavy atom. The smallest absolute Gasteiger partial charge is 0.263 e. The second kappa shape index (κ2) is 24.1. The molecule has 3 amide bonds. The zero-order chi connectivity index (χ0) is 48.7. The number of Topliss-reactive ketones (excluding diaryl/α,β-unsaturated/α-hetero) is 1. The largest absolute Gasteiger partial charge is 0.483 e. The van der Waals surface area contributed by atoms with E-state index in [1.807, 2.05) is 25.4 Å². The highest BCUT2D eigenvalue weighted by Gasteiger charge is 2.27. The van der Waals surface area contributed by atoms with Crippen LogP contribution >= 0.6 is 0 Å². The molecule has 0 bridgehead atoms. The van der Waals surface area contributed by atoms with E-state index in [4.69, 9.17) is 35.6 Å². The van der Waals surface area contributed by atoms with E-state index < -0.39 is 5.91 Å². The minimum Gasteiger partial charge on any atom is -0.483 e. The van der Waals surface area contributed by atoms with Crippen LogP contribution in [0.1, 0.15) is 71.3 Å². The highest BCUT2D eigenvalue weighted by Crippen LogP contribution is 2.33. The van der Waals surface area contributed by atoms with Crippen molar-refractivity contribution in [1.82, 2.24) is 35.1 Å². The van der Waals surface area contributed by atoms with Crippen molar-refractivity contribution >= 4 is 63.4 Å². The Kier molecular flexibility index (Phi) is 17.8. The minimum atomic E-state index is -0.529. The van der Waals surface area contributed by atoms with Crippen LogP contribution in [-0.2, 0) is 23.8 Å². The minimum absolute atomic E-state index is 0.0121. The maximum atomic E-state index is 13.6. The van der Waals surface area contributed by atoms with E-state index in [1.165, 1.54) is 26.2 Å². The van der Waals surface area contributed by atoms with Gasteiger partial charge in [0.1, 0.15) is 17.3 Å². The molecule has 0 spiro atoms. The summed E-state index contributed by atoms with van der Waals surface area (Å²) < 4.78 is 17.7. The summed E-state index contributed by atoms with van der Waals surface area (Å²) in [5, 5.41) is 11.9. The van der Waals surface area contributed by atoms with E-state index in [9.17, 15) is 24.0 Å². The second-order valence-electron chi connectivity index (χ2n) is 16.5. The first-order chi connectivity index (χ1) is 32.8. The molecule has 1 saturated carbocycles. The van der Waals surface area contributed by atoms with Gasteiger partial charge >= 0.3 is 0 Å². The number of hydrogen-bond donors (Lipinski definition) is 6. The Morgan fingerprint density at radius 2 is 1.66 bits per heavy atom. The van der Waals surface area contributed by atoms with Crippen molar-refractivity contribution in [2.24, 2.45) is 11.5 Å². The molecule has 1 aromatic carbocycles. The molecule has 8 N–H and O–H groups in total. The molecule has 1 aliphatic carbocycles. The van der Waals surface area contributed by atoms with Crippen LogP contribution in [0.2, 0.25) is 0 Å². The van der Waals surface area contributed by atoms with Crippen molar-refractivity contribution < 1.29 is 33.4 Å². The van der Waals surface area contributed by atoms with Crippen molar-refractivity contribution in [3.63, 3.8) is 0 Å². The second-order valence-corrected chi connectivity index (χ2v) is 16.5. The number of fused-ring (bicyclic) bond motifs is 1. The maximum absolute atomic E-state index is 13.6. The number of pyridine rings is 2. The lowest BCUT2D eigenvalue weighted by atomic mass is 10.0. The first-order valence-electron chi connectivity index (χ1n) is 22.7. The van der Waals surface area contributed by atoms with Gasteiger partial charge in [0.25, 0.3) is 11.5 Å². The molecule has 1 aliphatic heterocycles. The molecular formula is C47H63N13O8. The monoisotopic (exact) mass is 937 g/mol. The topological polar surface area (TPSA) is 267 Å². The zero-order valence-electron chi connectivity index (χ0n) is 39.4. The predicted molar refractivity (Wildman–Crippen MR) is 260 cm³/mol. The van der Waals surface area contributed by atoms with Crippen LogP contribution in [-0.4, -0.2) is 135 Å². The van der Waals surface area contributed by atoms with Gasteiger partial charge in [0.2, 0.25) is 17.8 Å². The summed E-state index contributed by atoms with van der Waals surface area (Å²) in [4.78, 5) is 84.9. The van der Waals surface area contributed by atoms with Gasteiger partial charge < -0.3 is 51.8 Å². The van der Waals surface area contributed by atoms with Crippen molar-refractivity contribution in [2.45, 2.75) is 52.0 Å². The SMILES string of the molecule is CNc1ccc(C(=O)N/C(N)=C/C=C(\N)OC)c(NC(=O)CCOCCOCCNC(=O)CN2CCN(c3ccc(N(C)c4ncc5c(C)c(C(C)=O)c(=O)n(C6CCCC6)c5n4)nc3)CC2)c1. The number of rotatable bonds is 22. The van der Waals surface area contributed by atoms with Crippen LogP contribution in [0.4, 0.5) is 28.8 Å². The quantitative estimate of drug-likeness (QED) is 0.0286. The van der Waals surface area contributed by atoms with Crippen LogP contribution in [0.5, 0.6) is 0 Å². The molecule has 68 heavy (non-hydrogen) atoms. The Hall–Kier alpha value is -7.10. The number of anilines is 5. The van der Waals surface area contributed by atoms with Gasteiger partial charge in [-0.2, -0.15) is 4.98 Å². The van der Waals surface area contributed by atoms with Crippen LogP contribution in [0, 0.1) is 6.92 Å². The fraction of sp³-hybridized carbons (Fsp3) is 0.447. The number of aryl methyl sites for hydroxylation is 1. The van der Waals surface area contributed by atoms with Gasteiger partial charge in [-0.1, -0.05) is 12.8 Å². The van der Waals surface area contributed by atoms with E-state index in [0.717, 1.165) is 44.5 Å². The molecule has 0 radical (unpaired) electrons. The molecule has 4 aromatic rings. The van der Waals surface area contributed by atoms with E-state index in [-0.39, 0.29) is 84.8 Å². The van der Waals surface area contributed by atoms with Gasteiger partial charge in [0.15, 0.2) is 11.7 Å². The molecule has 364 valence electrons. The van der Waals surface area contributed by atoms with E-state index >= 15 is 0 Å². The van der Waals surface area contributed by atoms with Gasteiger partial charge in [-0.25, -0.2) is 9.97 Å². The third kappa shape index (κ3) is 13.1. The summed E-state index contributed by atoms with van der Waals surface area (Å²) in [6.45, 7) is 7.66. The number of hydrogen-bond acceptors (Lipinski definition) is 17. The molecule has 21 nitrogen and oxygen atoms in total. The summed E-state index contributed by atoms with van der Waals surface area (Å²) in [5.41, 5.74) is 14.7. The lowest BCUT2D eigenvalue weighted by molar-refractivity contribution is -0.122. The van der Waals surface area contributed by atoms with Gasteiger partial charge in [-0.15, -0.1) is 0 Å². The van der Waals surface area contributed by atoms with Crippen molar-refractivity contribution in [3.05, 3.63) is 93.6 Å². The average Bonchev–Trinajstić information content (AvgIpc) is 3.87. The number of allylic oxidation sites excluding steroid dienone is 2. The third-order valence-corrected chi connectivity index (χ3v) is 11.9. The number of ether oxygens (including phenoxy) is 3. The first-order valence-corrected chi connectivity index (χ1v) is 22.7. The molecular weight excluding hydrogens is 875 g/mol. The number of nitrogens with two attached hydrogens (primary N) is 2. The Bertz CT molecular complexity index is 2550. The fourth-order valence-corrected chi connectivity index (χ4v) is 8.13. The van der Waals surface area contributed by atoms with Crippen LogP contribution < -0.4 is 48.1 Å². The van der Waals surface area contributed by atoms with Crippen molar-refractivity contribution in [1.29, 1.82) is 0 Å². The van der Waals surface area contributed by atoms with Crippen LogP contribution in [0.25, 0.3) is 11.0 Å². The van der Waals surface area contributed by atoms with Gasteiger partial charge in [0.05, 0.1) is 75.2 Å². The molecule has 0 unspecified atom stereocenters. The number of benzene rings is 1. The molecule has 3 aromatic heterocycles. The molecule has 1 saturated heterocycles. The zero-order valence-corrected chi connectivity index (χ0v) is 39.4. The number of methoxy groups -OCH3 is 1. The summed E-state index contributed by atoms with van der Waals surface area (Å²) in [5.74, 6) is -0.0403. The van der Waals surface area contributed by atoms with Crippen LogP contribution in [0.15, 0.2) is 71.4 Å². The third-order valence-electron chi connectivity index (χ3n) is 11.9. The summed E-state index contributed by atoms with van der Waals surface area (Å²) in [7, 11) is 4.96.